The van der Waals surface area contributed by atoms with E-state index >= 15 is 0 Å². The summed E-state index contributed by atoms with van der Waals surface area (Å²) in [6.07, 6.45) is 1.37. The molecule has 0 radical (unpaired) electrons. The topological polar surface area (TPSA) is 86.5 Å². The molecule has 0 unspecified atom stereocenters. The number of alkyl halides is 1. The van der Waals surface area contributed by atoms with Crippen molar-refractivity contribution < 1.29 is 13.6 Å². The van der Waals surface area contributed by atoms with E-state index in [0.29, 0.717) is 22.9 Å². The Balaban J connectivity index is 1.43. The summed E-state index contributed by atoms with van der Waals surface area (Å²) in [5, 5.41) is 6.24. The third-order valence-electron chi connectivity index (χ3n) is 5.85. The number of rotatable bonds is 9. The number of piperazine rings is 1. The number of nitrogens with one attached hydrogen (secondary N) is 2. The van der Waals surface area contributed by atoms with Gasteiger partial charge < -0.3 is 21.3 Å². The van der Waals surface area contributed by atoms with Gasteiger partial charge >= 0.3 is 0 Å². The molecule has 0 saturated carbocycles. The Hall–Kier alpha value is -3.43. The average molecular weight is 501 g/mol. The first-order valence-electron chi connectivity index (χ1n) is 11.3. The number of pyridine rings is 1. The molecule has 7 nitrogen and oxygen atoms in total. The van der Waals surface area contributed by atoms with Gasteiger partial charge in [0, 0.05) is 74.9 Å². The maximum Gasteiger partial charge on any atom is 0.252 e. The second kappa shape index (κ2) is 11.3. The minimum Gasteiger partial charge on any atom is -0.380 e. The molecule has 0 spiro atoms. The fourth-order valence-electron chi connectivity index (χ4n) is 4.03. The molecule has 1 fully saturated rings. The fourth-order valence-corrected chi connectivity index (χ4v) is 4.27. The third kappa shape index (κ3) is 6.58. The second-order valence-corrected chi connectivity index (χ2v) is 8.68. The van der Waals surface area contributed by atoms with Crippen LogP contribution in [0, 0.1) is 11.6 Å². The molecule has 10 heteroatoms. The molecule has 1 aliphatic rings. The molecule has 0 atom stereocenters. The van der Waals surface area contributed by atoms with Gasteiger partial charge in [-0.3, -0.25) is 9.69 Å². The molecule has 0 aliphatic carbocycles. The van der Waals surface area contributed by atoms with Gasteiger partial charge in [0.15, 0.2) is 0 Å². The summed E-state index contributed by atoms with van der Waals surface area (Å²) in [6.45, 7) is 4.89. The molecular weight excluding hydrogens is 474 g/mol. The Kier molecular flexibility index (Phi) is 7.99. The van der Waals surface area contributed by atoms with E-state index in [9.17, 15) is 13.6 Å². The third-order valence-corrected chi connectivity index (χ3v) is 6.02. The number of carbonyl (C=O) groups is 1. The van der Waals surface area contributed by atoms with Gasteiger partial charge in [-0.25, -0.2) is 13.8 Å². The Labute approximate surface area is 207 Å². The number of aromatic nitrogens is 1. The molecule has 2 heterocycles. The zero-order valence-corrected chi connectivity index (χ0v) is 19.9. The average Bonchev–Trinajstić information content (AvgIpc) is 2.83. The van der Waals surface area contributed by atoms with Gasteiger partial charge in [-0.05, 0) is 42.0 Å². The quantitative estimate of drug-likeness (QED) is 0.382. The second-order valence-electron chi connectivity index (χ2n) is 8.30. The van der Waals surface area contributed by atoms with Gasteiger partial charge in [0.2, 0.25) is 0 Å². The van der Waals surface area contributed by atoms with Crippen molar-refractivity contribution in [1.29, 1.82) is 0 Å². The van der Waals surface area contributed by atoms with E-state index < -0.39 is 17.5 Å². The first-order chi connectivity index (χ1) is 16.9. The normalized spacial score (nSPS) is 14.1. The van der Waals surface area contributed by atoms with Crippen LogP contribution in [0.1, 0.15) is 15.9 Å². The summed E-state index contributed by atoms with van der Waals surface area (Å²) in [5.41, 5.74) is 8.42. The highest BCUT2D eigenvalue weighted by Crippen LogP contribution is 2.25. The van der Waals surface area contributed by atoms with Gasteiger partial charge in [0.05, 0.1) is 11.3 Å². The lowest BCUT2D eigenvalue weighted by molar-refractivity contribution is 0.100. The van der Waals surface area contributed by atoms with Crippen LogP contribution >= 0.6 is 11.6 Å². The van der Waals surface area contributed by atoms with Crippen LogP contribution in [0.15, 0.2) is 54.7 Å². The largest absolute Gasteiger partial charge is 0.380 e. The van der Waals surface area contributed by atoms with Crippen LogP contribution < -0.4 is 21.3 Å². The standard InChI is InChI=1S/C25H27ClF2N6O/c26-5-6-33-7-9-34(10-8-33)21-3-1-20(2-4-21)32-24-14-23(22(16-31-24)25(29)35)30-15-17-11-18(27)13-19(28)12-17/h1-4,11-14,16H,5-10,15H2,(H2,29,35)(H2,30,31,32). The number of halogens is 3. The number of nitrogens with zero attached hydrogens (tertiary/aromatic N) is 3. The summed E-state index contributed by atoms with van der Waals surface area (Å²) in [7, 11) is 0. The van der Waals surface area contributed by atoms with Crippen molar-refractivity contribution in [2.45, 2.75) is 6.54 Å². The van der Waals surface area contributed by atoms with E-state index in [1.54, 1.807) is 6.07 Å². The van der Waals surface area contributed by atoms with Crippen LogP contribution in [0.25, 0.3) is 0 Å². The van der Waals surface area contributed by atoms with E-state index in [2.05, 4.69) is 37.6 Å². The minimum atomic E-state index is -0.672. The van der Waals surface area contributed by atoms with Crippen LogP contribution in [-0.4, -0.2) is 54.4 Å². The molecule has 2 aromatic carbocycles. The number of benzene rings is 2. The van der Waals surface area contributed by atoms with Crippen molar-refractivity contribution in [3.63, 3.8) is 0 Å². The van der Waals surface area contributed by atoms with Crippen LogP contribution in [0.5, 0.6) is 0 Å². The maximum atomic E-state index is 13.5. The molecule has 0 bridgehead atoms. The van der Waals surface area contributed by atoms with Gasteiger partial charge in [0.25, 0.3) is 5.91 Å². The first kappa shape index (κ1) is 24.7. The summed E-state index contributed by atoms with van der Waals surface area (Å²) < 4.78 is 27.0. The summed E-state index contributed by atoms with van der Waals surface area (Å²) in [6, 6.07) is 12.9. The molecule has 1 aromatic heterocycles. The van der Waals surface area contributed by atoms with E-state index in [-0.39, 0.29) is 12.1 Å². The Bertz CT molecular complexity index is 1150. The van der Waals surface area contributed by atoms with Crippen molar-refractivity contribution in [2.75, 3.05) is 54.1 Å². The Morgan fingerprint density at radius 1 is 1.03 bits per heavy atom. The number of primary amides is 1. The number of hydrogen-bond donors (Lipinski definition) is 3. The van der Waals surface area contributed by atoms with E-state index in [0.717, 1.165) is 50.2 Å². The number of amides is 1. The molecule has 1 aliphatic heterocycles. The maximum absolute atomic E-state index is 13.5. The highest BCUT2D eigenvalue weighted by atomic mass is 35.5. The number of anilines is 4. The lowest BCUT2D eigenvalue weighted by Crippen LogP contribution is -2.46. The minimum absolute atomic E-state index is 0.102. The van der Waals surface area contributed by atoms with Crippen molar-refractivity contribution in [3.8, 4) is 0 Å². The Morgan fingerprint density at radius 2 is 1.71 bits per heavy atom. The predicted octanol–water partition coefficient (Wildman–Crippen LogP) is 4.18. The van der Waals surface area contributed by atoms with Gasteiger partial charge in [-0.1, -0.05) is 0 Å². The molecule has 1 saturated heterocycles. The van der Waals surface area contributed by atoms with Crippen molar-refractivity contribution in [1.82, 2.24) is 9.88 Å². The summed E-state index contributed by atoms with van der Waals surface area (Å²) in [5.74, 6) is -0.864. The predicted molar refractivity (Wildman–Crippen MR) is 136 cm³/mol. The fraction of sp³-hybridized carbons (Fsp3) is 0.280. The molecule has 184 valence electrons. The number of carbonyl (C=O) groups excluding carboxylic acids is 1. The van der Waals surface area contributed by atoms with Crippen molar-refractivity contribution in [3.05, 3.63) is 77.5 Å². The smallest absolute Gasteiger partial charge is 0.252 e. The zero-order chi connectivity index (χ0) is 24.8. The molecule has 4 rings (SSSR count). The lowest BCUT2D eigenvalue weighted by Gasteiger charge is -2.35. The summed E-state index contributed by atoms with van der Waals surface area (Å²) >= 11 is 5.84. The van der Waals surface area contributed by atoms with E-state index in [1.165, 1.54) is 18.3 Å². The molecule has 1 amide bonds. The van der Waals surface area contributed by atoms with E-state index in [4.69, 9.17) is 17.3 Å². The molecule has 4 N–H and O–H groups in total. The highest BCUT2D eigenvalue weighted by Gasteiger charge is 2.17. The SMILES string of the molecule is NC(=O)c1cnc(Nc2ccc(N3CCN(CCCl)CC3)cc2)cc1NCc1cc(F)cc(F)c1. The van der Waals surface area contributed by atoms with Crippen LogP contribution in [0.3, 0.4) is 0 Å². The monoisotopic (exact) mass is 500 g/mol. The molecule has 35 heavy (non-hydrogen) atoms. The summed E-state index contributed by atoms with van der Waals surface area (Å²) in [4.78, 5) is 20.8. The van der Waals surface area contributed by atoms with Gasteiger partial charge in [0.1, 0.15) is 17.5 Å². The molecule has 3 aromatic rings. The zero-order valence-electron chi connectivity index (χ0n) is 19.1. The van der Waals surface area contributed by atoms with E-state index in [1.807, 2.05) is 12.1 Å². The van der Waals surface area contributed by atoms with Crippen molar-refractivity contribution in [2.24, 2.45) is 5.73 Å². The van der Waals surface area contributed by atoms with Crippen LogP contribution in [0.4, 0.5) is 31.7 Å². The van der Waals surface area contributed by atoms with Gasteiger partial charge in [-0.15, -0.1) is 11.6 Å². The highest BCUT2D eigenvalue weighted by molar-refractivity contribution is 6.18. The lowest BCUT2D eigenvalue weighted by atomic mass is 10.1. The first-order valence-corrected chi connectivity index (χ1v) is 11.8. The van der Waals surface area contributed by atoms with Crippen LogP contribution in [-0.2, 0) is 6.54 Å². The number of hydrogen-bond acceptors (Lipinski definition) is 6. The van der Waals surface area contributed by atoms with Gasteiger partial charge in [-0.2, -0.15) is 0 Å². The van der Waals surface area contributed by atoms with Crippen LogP contribution in [0.2, 0.25) is 0 Å². The number of nitrogens with two attached hydrogens (primary N) is 1. The van der Waals surface area contributed by atoms with Crippen molar-refractivity contribution >= 4 is 40.4 Å². The Morgan fingerprint density at radius 3 is 2.34 bits per heavy atom. The molecular formula is C25H27ClF2N6O.